The molecule has 3 aliphatic heterocycles. The minimum Gasteiger partial charge on any atom is -0.481 e. The highest BCUT2D eigenvalue weighted by Gasteiger charge is 2.51. The van der Waals surface area contributed by atoms with Crippen LogP contribution in [0, 0.1) is 17.8 Å². The summed E-state index contributed by atoms with van der Waals surface area (Å²) in [6.45, 7) is 1.91. The molecule has 0 aromatic carbocycles. The van der Waals surface area contributed by atoms with Crippen LogP contribution in [-0.2, 0) is 28.5 Å². The van der Waals surface area contributed by atoms with Crippen molar-refractivity contribution in [1.29, 1.82) is 0 Å². The van der Waals surface area contributed by atoms with Crippen LogP contribution in [0.1, 0.15) is 83.1 Å². The Bertz CT molecular complexity index is 1770. The van der Waals surface area contributed by atoms with Crippen molar-refractivity contribution in [2.24, 2.45) is 23.5 Å². The van der Waals surface area contributed by atoms with Gasteiger partial charge >= 0.3 is 11.9 Å². The maximum Gasteiger partial charge on any atom is 0.311 e. The van der Waals surface area contributed by atoms with Crippen LogP contribution in [-0.4, -0.2) is 166 Å². The average molecular weight is 927 g/mol. The van der Waals surface area contributed by atoms with Gasteiger partial charge in [0.05, 0.1) is 79.6 Å². The Labute approximate surface area is 385 Å². The molecule has 0 aliphatic carbocycles. The number of allylic oxidation sites excluding steroid dienone is 12. The lowest BCUT2D eigenvalue weighted by molar-refractivity contribution is -0.308. The Morgan fingerprint density at radius 1 is 0.708 bits per heavy atom. The van der Waals surface area contributed by atoms with Gasteiger partial charge in [-0.25, -0.2) is 0 Å². The van der Waals surface area contributed by atoms with Gasteiger partial charge in [0.15, 0.2) is 12.1 Å². The second-order valence-corrected chi connectivity index (χ2v) is 17.2. The Balaban J connectivity index is 1.90. The summed E-state index contributed by atoms with van der Waals surface area (Å²) in [4.78, 5) is 25.2. The van der Waals surface area contributed by atoms with E-state index in [1.54, 1.807) is 66.8 Å². The van der Waals surface area contributed by atoms with Crippen LogP contribution < -0.4 is 5.73 Å². The highest BCUT2D eigenvalue weighted by Crippen LogP contribution is 2.38. The van der Waals surface area contributed by atoms with Gasteiger partial charge in [-0.05, 0) is 33.1 Å². The fourth-order valence-electron chi connectivity index (χ4n) is 7.76. The average Bonchev–Trinajstić information content (AvgIpc) is 3.23. The summed E-state index contributed by atoms with van der Waals surface area (Å²) in [6.07, 6.45) is -0.0760. The molecule has 0 aromatic heterocycles. The number of carboxylic acid groups (broad SMARTS) is 1. The summed E-state index contributed by atoms with van der Waals surface area (Å²) < 4.78 is 47.0. The van der Waals surface area contributed by atoms with E-state index in [0.29, 0.717) is 0 Å². The van der Waals surface area contributed by atoms with E-state index in [1.165, 1.54) is 39.0 Å². The van der Waals surface area contributed by atoms with E-state index >= 15 is 0 Å². The molecule has 65 heavy (non-hydrogen) atoms. The van der Waals surface area contributed by atoms with Gasteiger partial charge in [-0.1, -0.05) is 98.8 Å². The molecule has 18 heteroatoms. The van der Waals surface area contributed by atoms with Crippen molar-refractivity contribution in [3.8, 4) is 0 Å². The fourth-order valence-corrected chi connectivity index (χ4v) is 7.76. The van der Waals surface area contributed by atoms with Crippen LogP contribution >= 0.6 is 0 Å². The maximum absolute atomic E-state index is 12.7. The first-order chi connectivity index (χ1) is 31.8. The van der Waals surface area contributed by atoms with Crippen LogP contribution in [0.25, 0.3) is 0 Å². The largest absolute Gasteiger partial charge is 0.481 e. The predicted octanol–water partition coefficient (Wildman–Crippen LogP) is 0.712. The zero-order valence-electron chi connectivity index (χ0n) is 40.1. The topological polar surface area (TPSA) is 320 Å². The fraction of sp³-hybridized carbons (Fsp3) is 0.660. The molecule has 2 fully saturated rings. The van der Waals surface area contributed by atoms with Gasteiger partial charge in [0.2, 0.25) is 0 Å². The molecule has 3 rings (SSSR count). The molecule has 0 saturated carbocycles. The Morgan fingerprint density at radius 2 is 1.29 bits per heavy atom. The molecule has 3 aliphatic rings. The van der Waals surface area contributed by atoms with Crippen molar-refractivity contribution in [2.75, 3.05) is 0 Å². The van der Waals surface area contributed by atoms with E-state index in [-0.39, 0.29) is 25.7 Å². The third kappa shape index (κ3) is 18.6. The minimum absolute atomic E-state index is 0.164. The van der Waals surface area contributed by atoms with Crippen molar-refractivity contribution in [3.05, 3.63) is 85.1 Å². The highest BCUT2D eigenvalue weighted by molar-refractivity contribution is 5.71. The van der Waals surface area contributed by atoms with Gasteiger partial charge < -0.3 is 80.9 Å². The normalized spacial score (nSPS) is 42.9. The second-order valence-electron chi connectivity index (χ2n) is 17.2. The number of fused-ring (bicyclic) bond motifs is 2. The first-order valence-corrected chi connectivity index (χ1v) is 22.0. The van der Waals surface area contributed by atoms with E-state index in [2.05, 4.69) is 0 Å². The van der Waals surface area contributed by atoms with Crippen molar-refractivity contribution < 1.29 is 88.8 Å². The van der Waals surface area contributed by atoms with Crippen molar-refractivity contribution >= 4 is 11.9 Å². The number of esters is 1. The van der Waals surface area contributed by atoms with Crippen LogP contribution in [0.4, 0.5) is 0 Å². The quantitative estimate of drug-likeness (QED) is 0.174. The van der Waals surface area contributed by atoms with Crippen LogP contribution in [0.5, 0.6) is 0 Å². The molecule has 3 heterocycles. The number of ether oxygens (including phenoxy) is 4. The number of rotatable bonds is 3. The number of hydrogen-bond donors (Lipinski definition) is 12. The Kier molecular flexibility index (Phi) is 21.5. The predicted molar refractivity (Wildman–Crippen MR) is 237 cm³/mol. The molecular weight excluding hydrogens is 851 g/mol. The number of carbonyl (C=O) groups excluding carboxylic acids is 1. The van der Waals surface area contributed by atoms with Crippen molar-refractivity contribution in [1.82, 2.24) is 0 Å². The van der Waals surface area contributed by atoms with Crippen LogP contribution in [0.3, 0.4) is 0 Å². The number of aliphatic hydroxyl groups excluding tert-OH is 9. The molecule has 0 spiro atoms. The molecule has 2 saturated heterocycles. The van der Waals surface area contributed by atoms with Crippen molar-refractivity contribution in [3.63, 3.8) is 0 Å². The molecule has 0 aromatic rings. The lowest BCUT2D eigenvalue weighted by Crippen LogP contribution is -2.61. The lowest BCUT2D eigenvalue weighted by atomic mass is 9.82. The first-order valence-electron chi connectivity index (χ1n) is 23.5. The number of carbonyl (C=O) groups is 2. The smallest absolute Gasteiger partial charge is 0.311 e. The number of carboxylic acids is 1. The molecule has 0 amide bonds. The van der Waals surface area contributed by atoms with Crippen LogP contribution in [0.2, 0.25) is 0 Å². The van der Waals surface area contributed by atoms with Gasteiger partial charge in [0.1, 0.15) is 18.1 Å². The first kappa shape index (κ1) is 51.0. The molecule has 19 atom stereocenters. The number of cyclic esters (lactones) is 1. The monoisotopic (exact) mass is 927 g/mol. The zero-order valence-corrected chi connectivity index (χ0v) is 37.1. The molecule has 0 radical (unpaired) electrons. The van der Waals surface area contributed by atoms with E-state index in [4.69, 9.17) is 28.8 Å². The summed E-state index contributed by atoms with van der Waals surface area (Å²) in [5, 5.41) is 118. The number of aliphatic hydroxyl groups is 10. The van der Waals surface area contributed by atoms with Gasteiger partial charge in [-0.2, -0.15) is 0 Å². The number of hydrogen-bond acceptors (Lipinski definition) is 17. The van der Waals surface area contributed by atoms with Crippen molar-refractivity contribution in [2.45, 2.75) is 176 Å². The molecule has 0 unspecified atom stereocenters. The standard InChI is InChI=1S/C47H73NO17/c1-27-17-15-13-11-9-7-5-6-8-10-12-14-16-18-34(64-46-44(58)41(48)43(57)30(4)63-46)24-38-40(45(59)60)37(54)26-47(61,65-38)25-33(51)22-36(53)35(52)20-19-31(49)21-32(50)23-39(55)62-29(3)28(2)42(27)56/h5-18,27-38,40-44,46,49-54,56-58,61H,19-26,48H2,1-4H3,(H,59,60)/t27-,28-,29-,30+,31+,32+,33-,34-,35+,36+,37-,38-,40+,41-,42+,43+,44-,46-,47+/m0/s1/i1D3. The van der Waals surface area contributed by atoms with Gasteiger partial charge in [-0.15, -0.1) is 0 Å². The van der Waals surface area contributed by atoms with E-state index < -0.39 is 160 Å². The van der Waals surface area contributed by atoms with E-state index in [1.807, 2.05) is 0 Å². The molecular formula is C47H73NO17. The summed E-state index contributed by atoms with van der Waals surface area (Å²) in [7, 11) is 0. The molecule has 2 bridgehead atoms. The molecule has 18 nitrogen and oxygen atoms in total. The zero-order chi connectivity index (χ0) is 50.9. The lowest BCUT2D eigenvalue weighted by Gasteiger charge is -2.45. The Morgan fingerprint density at radius 3 is 1.88 bits per heavy atom. The SMILES string of the molecule is [2H]C([2H])([2H])[C@H]1C=CC=CC=CC=CC=CC=CC=C[C@H](O[C@@H]2O[C@H](C)[C@@H](O)[C@H](N)[C@@H]2O)C[C@@H]2O[C@](O)(C[C@@H](O)C[C@@H](O)[C@H](O)CC[C@@H](O)C[C@@H](O)CC(=O)O[C@@H](C)[C@H](C)[C@@H]1O)C[C@H](O)[C@H]2C(=O)O. The third-order valence-corrected chi connectivity index (χ3v) is 11.8. The second kappa shape index (κ2) is 27.4. The van der Waals surface area contributed by atoms with Gasteiger partial charge in [0, 0.05) is 41.6 Å². The summed E-state index contributed by atoms with van der Waals surface area (Å²) in [5.74, 6) is -8.46. The summed E-state index contributed by atoms with van der Waals surface area (Å²) in [6, 6.07) is -1.17. The minimum atomic E-state index is -2.60. The Hall–Kier alpha value is -3.44. The summed E-state index contributed by atoms with van der Waals surface area (Å²) >= 11 is 0. The number of aliphatic carboxylic acids is 1. The van der Waals surface area contributed by atoms with E-state index in [9.17, 15) is 65.8 Å². The highest BCUT2D eigenvalue weighted by atomic mass is 16.7. The summed E-state index contributed by atoms with van der Waals surface area (Å²) in [5.41, 5.74) is 6.01. The van der Waals surface area contributed by atoms with E-state index in [0.717, 1.165) is 0 Å². The van der Waals surface area contributed by atoms with Gasteiger partial charge in [0.25, 0.3) is 0 Å². The maximum atomic E-state index is 12.7. The van der Waals surface area contributed by atoms with Gasteiger partial charge in [-0.3, -0.25) is 9.59 Å². The molecule has 13 N–H and O–H groups in total. The molecule has 368 valence electrons. The van der Waals surface area contributed by atoms with Crippen LogP contribution in [0.15, 0.2) is 85.1 Å². The number of nitrogens with two attached hydrogens (primary N) is 1. The third-order valence-electron chi connectivity index (χ3n) is 11.8.